The summed E-state index contributed by atoms with van der Waals surface area (Å²) in [5.41, 5.74) is 5.47. The van der Waals surface area contributed by atoms with Gasteiger partial charge in [-0.2, -0.15) is 0 Å². The number of rotatable bonds is 8. The SMILES string of the molecule is CCc1ccc(NC(=O)OCC2c3ccccc3-c3ccccc32)c(C(=O)N[C@@H](CO)C(=O)O)c1. The second kappa shape index (κ2) is 10.4. The lowest BCUT2D eigenvalue weighted by atomic mass is 9.98. The van der Waals surface area contributed by atoms with E-state index in [0.29, 0.717) is 6.42 Å². The second-order valence-electron chi connectivity index (χ2n) is 8.23. The zero-order chi connectivity index (χ0) is 24.9. The molecule has 0 aromatic heterocycles. The normalized spacial score (nSPS) is 12.9. The van der Waals surface area contributed by atoms with E-state index in [0.717, 1.165) is 27.8 Å². The number of anilines is 1. The molecular formula is C27H26N2O6. The van der Waals surface area contributed by atoms with E-state index >= 15 is 0 Å². The minimum absolute atomic E-state index is 0.0811. The molecule has 0 unspecified atom stereocenters. The van der Waals surface area contributed by atoms with Gasteiger partial charge in [-0.25, -0.2) is 9.59 Å². The van der Waals surface area contributed by atoms with Gasteiger partial charge in [0.25, 0.3) is 5.91 Å². The Morgan fingerprint density at radius 2 is 1.60 bits per heavy atom. The third-order valence-electron chi connectivity index (χ3n) is 6.10. The van der Waals surface area contributed by atoms with E-state index in [4.69, 9.17) is 9.84 Å². The molecule has 35 heavy (non-hydrogen) atoms. The van der Waals surface area contributed by atoms with Crippen molar-refractivity contribution in [3.8, 4) is 11.1 Å². The van der Waals surface area contributed by atoms with Crippen LogP contribution in [0.2, 0.25) is 0 Å². The molecule has 0 radical (unpaired) electrons. The standard InChI is InChI=1S/C27H26N2O6/c1-2-16-11-12-23(21(13-16)25(31)28-24(14-30)26(32)33)29-27(34)35-15-22-19-9-5-3-7-17(19)18-8-4-6-10-20(18)22/h3-13,22,24,30H,2,14-15H2,1H3,(H,28,31)(H,29,34)(H,32,33)/t24-/m0/s1. The molecule has 180 valence electrons. The minimum Gasteiger partial charge on any atom is -0.480 e. The van der Waals surface area contributed by atoms with E-state index in [9.17, 15) is 19.5 Å². The fraction of sp³-hybridized carbons (Fsp3) is 0.222. The van der Waals surface area contributed by atoms with Crippen LogP contribution in [-0.4, -0.2) is 47.4 Å². The van der Waals surface area contributed by atoms with Gasteiger partial charge >= 0.3 is 12.1 Å². The number of aryl methyl sites for hydroxylation is 1. The first-order valence-corrected chi connectivity index (χ1v) is 11.3. The number of carboxylic acids is 1. The zero-order valence-electron chi connectivity index (χ0n) is 19.2. The molecule has 4 N–H and O–H groups in total. The molecule has 3 aromatic carbocycles. The zero-order valence-corrected chi connectivity index (χ0v) is 19.2. The molecule has 3 aromatic rings. The number of benzene rings is 3. The quantitative estimate of drug-likeness (QED) is 0.394. The highest BCUT2D eigenvalue weighted by atomic mass is 16.5. The molecule has 8 nitrogen and oxygen atoms in total. The van der Waals surface area contributed by atoms with Crippen LogP contribution in [-0.2, 0) is 16.0 Å². The number of aliphatic hydroxyl groups is 1. The third kappa shape index (κ3) is 5.02. The van der Waals surface area contributed by atoms with Crippen LogP contribution in [0.25, 0.3) is 11.1 Å². The van der Waals surface area contributed by atoms with Gasteiger partial charge in [0.05, 0.1) is 17.9 Å². The molecule has 0 saturated carbocycles. The molecule has 8 heteroatoms. The number of carboxylic acid groups (broad SMARTS) is 1. The molecule has 1 aliphatic rings. The number of amides is 2. The number of aliphatic carboxylic acids is 1. The molecule has 0 heterocycles. The maximum atomic E-state index is 12.8. The smallest absolute Gasteiger partial charge is 0.411 e. The summed E-state index contributed by atoms with van der Waals surface area (Å²) in [5.74, 6) is -2.20. The van der Waals surface area contributed by atoms with Crippen molar-refractivity contribution in [3.05, 3.63) is 89.0 Å². The Morgan fingerprint density at radius 1 is 0.971 bits per heavy atom. The molecule has 0 saturated heterocycles. The van der Waals surface area contributed by atoms with Crippen molar-refractivity contribution < 1.29 is 29.3 Å². The first-order valence-electron chi connectivity index (χ1n) is 11.3. The largest absolute Gasteiger partial charge is 0.480 e. The predicted octanol–water partition coefficient (Wildman–Crippen LogP) is 3.79. The van der Waals surface area contributed by atoms with Gasteiger partial charge in [0.1, 0.15) is 6.61 Å². The van der Waals surface area contributed by atoms with E-state index in [1.54, 1.807) is 18.2 Å². The first kappa shape index (κ1) is 24.0. The Morgan fingerprint density at radius 3 is 2.17 bits per heavy atom. The number of carbonyl (C=O) groups is 3. The fourth-order valence-electron chi connectivity index (χ4n) is 4.27. The van der Waals surface area contributed by atoms with E-state index < -0.39 is 30.6 Å². The van der Waals surface area contributed by atoms with Crippen LogP contribution in [0.15, 0.2) is 66.7 Å². The van der Waals surface area contributed by atoms with Crippen LogP contribution < -0.4 is 10.6 Å². The van der Waals surface area contributed by atoms with Gasteiger partial charge in [0.2, 0.25) is 0 Å². The molecule has 4 rings (SSSR count). The van der Waals surface area contributed by atoms with Gasteiger partial charge in [0, 0.05) is 5.92 Å². The monoisotopic (exact) mass is 474 g/mol. The number of nitrogens with one attached hydrogen (secondary N) is 2. The summed E-state index contributed by atoms with van der Waals surface area (Å²) < 4.78 is 5.56. The molecular weight excluding hydrogens is 448 g/mol. The Hall–Kier alpha value is -4.17. The number of fused-ring (bicyclic) bond motifs is 3. The lowest BCUT2D eigenvalue weighted by molar-refractivity contribution is -0.140. The average Bonchev–Trinajstić information content (AvgIpc) is 3.19. The third-order valence-corrected chi connectivity index (χ3v) is 6.10. The number of hydrogen-bond acceptors (Lipinski definition) is 5. The minimum atomic E-state index is -1.46. The highest BCUT2D eigenvalue weighted by Gasteiger charge is 2.29. The molecule has 1 atom stereocenters. The lowest BCUT2D eigenvalue weighted by Crippen LogP contribution is -2.43. The number of aliphatic hydroxyl groups excluding tert-OH is 1. The van der Waals surface area contributed by atoms with Gasteiger partial charge in [-0.15, -0.1) is 0 Å². The van der Waals surface area contributed by atoms with Crippen molar-refractivity contribution in [2.75, 3.05) is 18.5 Å². The van der Waals surface area contributed by atoms with Gasteiger partial charge in [-0.05, 0) is 46.4 Å². The molecule has 1 aliphatic carbocycles. The van der Waals surface area contributed by atoms with Crippen LogP contribution >= 0.6 is 0 Å². The van der Waals surface area contributed by atoms with Crippen molar-refractivity contribution in [1.29, 1.82) is 0 Å². The van der Waals surface area contributed by atoms with Crippen LogP contribution in [0.4, 0.5) is 10.5 Å². The lowest BCUT2D eigenvalue weighted by Gasteiger charge is -2.17. The fourth-order valence-corrected chi connectivity index (χ4v) is 4.27. The molecule has 0 aliphatic heterocycles. The van der Waals surface area contributed by atoms with Crippen molar-refractivity contribution in [1.82, 2.24) is 5.32 Å². The number of ether oxygens (including phenoxy) is 1. The van der Waals surface area contributed by atoms with E-state index in [1.807, 2.05) is 55.5 Å². The summed E-state index contributed by atoms with van der Waals surface area (Å²) >= 11 is 0. The number of hydrogen-bond donors (Lipinski definition) is 4. The summed E-state index contributed by atoms with van der Waals surface area (Å²) in [6, 6.07) is 19.4. The van der Waals surface area contributed by atoms with Crippen LogP contribution in [0, 0.1) is 0 Å². The highest BCUT2D eigenvalue weighted by molar-refractivity contribution is 6.04. The van der Waals surface area contributed by atoms with Crippen molar-refractivity contribution in [3.63, 3.8) is 0 Å². The van der Waals surface area contributed by atoms with Gasteiger partial charge < -0.3 is 20.3 Å². The molecule has 0 bridgehead atoms. The second-order valence-corrected chi connectivity index (χ2v) is 8.23. The van der Waals surface area contributed by atoms with Crippen molar-refractivity contribution in [2.45, 2.75) is 25.3 Å². The predicted molar refractivity (Wildman–Crippen MR) is 130 cm³/mol. The Labute approximate surface area is 202 Å². The highest BCUT2D eigenvalue weighted by Crippen LogP contribution is 2.44. The van der Waals surface area contributed by atoms with Gasteiger partial charge in [-0.1, -0.05) is 61.5 Å². The molecule has 0 fully saturated rings. The van der Waals surface area contributed by atoms with E-state index in [-0.39, 0.29) is 23.8 Å². The summed E-state index contributed by atoms with van der Waals surface area (Å²) in [6.45, 7) is 1.26. The Bertz CT molecular complexity index is 1230. The van der Waals surface area contributed by atoms with Crippen molar-refractivity contribution in [2.24, 2.45) is 0 Å². The van der Waals surface area contributed by atoms with Crippen LogP contribution in [0.3, 0.4) is 0 Å². The van der Waals surface area contributed by atoms with Crippen LogP contribution in [0.5, 0.6) is 0 Å². The molecule has 2 amide bonds. The number of carbonyl (C=O) groups excluding carboxylic acids is 2. The van der Waals surface area contributed by atoms with Gasteiger partial charge in [-0.3, -0.25) is 10.1 Å². The van der Waals surface area contributed by atoms with Crippen LogP contribution in [0.1, 0.15) is 39.9 Å². The van der Waals surface area contributed by atoms with E-state index in [2.05, 4.69) is 10.6 Å². The van der Waals surface area contributed by atoms with Crippen molar-refractivity contribution >= 4 is 23.7 Å². The summed E-state index contributed by atoms with van der Waals surface area (Å²) in [5, 5.41) is 23.2. The summed E-state index contributed by atoms with van der Waals surface area (Å²) in [6.07, 6.45) is -0.101. The first-order chi connectivity index (χ1) is 16.9. The Kier molecular flexibility index (Phi) is 7.12. The van der Waals surface area contributed by atoms with E-state index in [1.165, 1.54) is 0 Å². The summed E-state index contributed by atoms with van der Waals surface area (Å²) in [7, 11) is 0. The molecule has 0 spiro atoms. The topological polar surface area (TPSA) is 125 Å². The van der Waals surface area contributed by atoms with Gasteiger partial charge in [0.15, 0.2) is 6.04 Å². The summed E-state index contributed by atoms with van der Waals surface area (Å²) in [4.78, 5) is 36.7. The Balaban J connectivity index is 1.50. The maximum Gasteiger partial charge on any atom is 0.411 e. The average molecular weight is 475 g/mol. The maximum absolute atomic E-state index is 12.8.